The maximum atomic E-state index is 10.6. The fourth-order valence-electron chi connectivity index (χ4n) is 1.12. The van der Waals surface area contributed by atoms with Crippen molar-refractivity contribution in [1.82, 2.24) is 4.90 Å². The number of fused-ring (bicyclic) bond motifs is 1. The fraction of sp³-hybridized carbons (Fsp3) is 0.125. The summed E-state index contributed by atoms with van der Waals surface area (Å²) in [7, 11) is 0. The molecule has 0 unspecified atom stereocenters. The minimum Gasteiger partial charge on any atom is -0.464 e. The van der Waals surface area contributed by atoms with Crippen molar-refractivity contribution in [2.24, 2.45) is 9.98 Å². The van der Waals surface area contributed by atoms with Gasteiger partial charge in [0.25, 0.3) is 0 Å². The van der Waals surface area contributed by atoms with Crippen LogP contribution < -0.4 is 0 Å². The summed E-state index contributed by atoms with van der Waals surface area (Å²) in [6.07, 6.45) is 5.23. The first-order chi connectivity index (χ1) is 6.27. The van der Waals surface area contributed by atoms with Gasteiger partial charge in [0, 0.05) is 24.2 Å². The summed E-state index contributed by atoms with van der Waals surface area (Å²) in [6, 6.07) is 0. The fourth-order valence-corrected chi connectivity index (χ4v) is 1.12. The Hall–Kier alpha value is -1.91. The van der Waals surface area contributed by atoms with E-state index in [1.165, 1.54) is 12.4 Å². The van der Waals surface area contributed by atoms with Crippen LogP contribution in [0.15, 0.2) is 34.0 Å². The Labute approximate surface area is 74.4 Å². The molecule has 0 spiro atoms. The minimum atomic E-state index is -1.01. The van der Waals surface area contributed by atoms with Crippen LogP contribution in [-0.2, 0) is 0 Å². The molecule has 13 heavy (non-hydrogen) atoms. The monoisotopic (exact) mass is 177 g/mol. The lowest BCUT2D eigenvalue weighted by molar-refractivity contribution is 0.175. The standard InChI is InChI=1S/C8H7N3O2/c12-8(13)11-2-1-7-6(4-11)3-9-5-10-7/h1-4H,5H2,(H,12,13). The highest BCUT2D eigenvalue weighted by molar-refractivity contribution is 6.22. The molecule has 2 aliphatic heterocycles. The number of carbonyl (C=O) groups is 1. The zero-order valence-corrected chi connectivity index (χ0v) is 6.71. The van der Waals surface area contributed by atoms with Gasteiger partial charge in [0.05, 0.1) is 5.71 Å². The topological polar surface area (TPSA) is 65.3 Å². The predicted molar refractivity (Wildman–Crippen MR) is 47.9 cm³/mol. The van der Waals surface area contributed by atoms with Gasteiger partial charge in [-0.1, -0.05) is 0 Å². The molecule has 66 valence electrons. The van der Waals surface area contributed by atoms with Gasteiger partial charge in [-0.3, -0.25) is 14.9 Å². The maximum absolute atomic E-state index is 10.6. The highest BCUT2D eigenvalue weighted by atomic mass is 16.4. The summed E-state index contributed by atoms with van der Waals surface area (Å²) in [5, 5.41) is 8.67. The lowest BCUT2D eigenvalue weighted by atomic mass is 10.1. The molecule has 1 N–H and O–H groups in total. The SMILES string of the molecule is O=C(O)N1C=CC2=NCN=CC2=C1. The highest BCUT2D eigenvalue weighted by Crippen LogP contribution is 2.11. The molecule has 0 bridgehead atoms. The maximum Gasteiger partial charge on any atom is 0.415 e. The molecular formula is C8H7N3O2. The van der Waals surface area contributed by atoms with Gasteiger partial charge in [0.2, 0.25) is 0 Å². The molecule has 2 heterocycles. The van der Waals surface area contributed by atoms with Crippen molar-refractivity contribution < 1.29 is 9.90 Å². The summed E-state index contributed by atoms with van der Waals surface area (Å²) < 4.78 is 0. The van der Waals surface area contributed by atoms with Gasteiger partial charge >= 0.3 is 6.09 Å². The highest BCUT2D eigenvalue weighted by Gasteiger charge is 2.15. The van der Waals surface area contributed by atoms with E-state index in [-0.39, 0.29) is 0 Å². The van der Waals surface area contributed by atoms with Gasteiger partial charge in [-0.15, -0.1) is 0 Å². The number of allylic oxidation sites excluding steroid dienone is 2. The molecule has 0 saturated carbocycles. The Morgan fingerprint density at radius 1 is 1.62 bits per heavy atom. The average Bonchev–Trinajstić information content (AvgIpc) is 2.17. The zero-order valence-electron chi connectivity index (χ0n) is 6.71. The first-order valence-corrected chi connectivity index (χ1v) is 3.73. The molecule has 0 fully saturated rings. The van der Waals surface area contributed by atoms with Crippen molar-refractivity contribution in [3.8, 4) is 0 Å². The smallest absolute Gasteiger partial charge is 0.415 e. The molecule has 0 saturated heterocycles. The predicted octanol–water partition coefficient (Wildman–Crippen LogP) is 0.861. The summed E-state index contributed by atoms with van der Waals surface area (Å²) >= 11 is 0. The van der Waals surface area contributed by atoms with Gasteiger partial charge in [0.1, 0.15) is 6.67 Å². The second kappa shape index (κ2) is 2.85. The first-order valence-electron chi connectivity index (χ1n) is 3.73. The third-order valence-electron chi connectivity index (χ3n) is 1.74. The second-order valence-corrected chi connectivity index (χ2v) is 2.59. The molecule has 5 nitrogen and oxygen atoms in total. The van der Waals surface area contributed by atoms with E-state index in [9.17, 15) is 4.79 Å². The van der Waals surface area contributed by atoms with E-state index in [4.69, 9.17) is 5.11 Å². The van der Waals surface area contributed by atoms with Crippen LogP contribution in [0.2, 0.25) is 0 Å². The van der Waals surface area contributed by atoms with Gasteiger partial charge in [-0.2, -0.15) is 0 Å². The Morgan fingerprint density at radius 2 is 2.46 bits per heavy atom. The third kappa shape index (κ3) is 1.35. The first kappa shape index (κ1) is 7.72. The van der Waals surface area contributed by atoms with Crippen LogP contribution in [0.4, 0.5) is 4.79 Å². The largest absolute Gasteiger partial charge is 0.464 e. The Bertz CT molecular complexity index is 366. The Morgan fingerprint density at radius 3 is 3.23 bits per heavy atom. The van der Waals surface area contributed by atoms with Crippen LogP contribution in [0.5, 0.6) is 0 Å². The van der Waals surface area contributed by atoms with Crippen LogP contribution in [0, 0.1) is 0 Å². The molecule has 0 atom stereocenters. The van der Waals surface area contributed by atoms with Crippen molar-refractivity contribution in [3.63, 3.8) is 0 Å². The van der Waals surface area contributed by atoms with E-state index >= 15 is 0 Å². The van der Waals surface area contributed by atoms with Crippen molar-refractivity contribution in [3.05, 3.63) is 24.0 Å². The van der Waals surface area contributed by atoms with Gasteiger partial charge in [0.15, 0.2) is 0 Å². The zero-order chi connectivity index (χ0) is 9.26. The number of hydrogen-bond donors (Lipinski definition) is 1. The van der Waals surface area contributed by atoms with Gasteiger partial charge < -0.3 is 5.11 Å². The van der Waals surface area contributed by atoms with Crippen molar-refractivity contribution in [1.29, 1.82) is 0 Å². The van der Waals surface area contributed by atoms with E-state index < -0.39 is 6.09 Å². The van der Waals surface area contributed by atoms with E-state index in [2.05, 4.69) is 9.98 Å². The van der Waals surface area contributed by atoms with Crippen LogP contribution in [0.1, 0.15) is 0 Å². The molecule has 1 amide bonds. The van der Waals surface area contributed by atoms with Crippen LogP contribution in [-0.4, -0.2) is 34.7 Å². The molecule has 2 rings (SSSR count). The molecule has 5 heteroatoms. The van der Waals surface area contributed by atoms with E-state index in [1.54, 1.807) is 12.3 Å². The summed E-state index contributed by atoms with van der Waals surface area (Å²) in [5.41, 5.74) is 1.52. The van der Waals surface area contributed by atoms with Crippen LogP contribution in [0.3, 0.4) is 0 Å². The van der Waals surface area contributed by atoms with E-state index in [0.29, 0.717) is 6.67 Å². The number of amides is 1. The summed E-state index contributed by atoms with van der Waals surface area (Å²) in [4.78, 5) is 19.7. The minimum absolute atomic E-state index is 0.421. The van der Waals surface area contributed by atoms with E-state index in [0.717, 1.165) is 16.2 Å². The van der Waals surface area contributed by atoms with Gasteiger partial charge in [-0.25, -0.2) is 4.79 Å². The molecule has 0 aromatic heterocycles. The number of carboxylic acid groups (broad SMARTS) is 1. The van der Waals surface area contributed by atoms with Crippen molar-refractivity contribution in [2.75, 3.05) is 6.67 Å². The normalized spacial score (nSPS) is 19.2. The van der Waals surface area contributed by atoms with Crippen LogP contribution >= 0.6 is 0 Å². The van der Waals surface area contributed by atoms with Crippen molar-refractivity contribution in [2.45, 2.75) is 0 Å². The summed E-state index contributed by atoms with van der Waals surface area (Å²) in [5.74, 6) is 0. The molecule has 0 aromatic carbocycles. The lowest BCUT2D eigenvalue weighted by Crippen LogP contribution is -2.24. The van der Waals surface area contributed by atoms with Gasteiger partial charge in [-0.05, 0) is 6.08 Å². The molecular weight excluding hydrogens is 170 g/mol. The number of hydrogen-bond acceptors (Lipinski definition) is 3. The van der Waals surface area contributed by atoms with Crippen molar-refractivity contribution >= 4 is 18.0 Å². The lowest BCUT2D eigenvalue weighted by Gasteiger charge is -2.17. The quantitative estimate of drug-likeness (QED) is 0.596. The third-order valence-corrected chi connectivity index (χ3v) is 1.74. The molecule has 2 aliphatic rings. The Kier molecular flexibility index (Phi) is 1.70. The molecule has 0 radical (unpaired) electrons. The summed E-state index contributed by atoms with van der Waals surface area (Å²) in [6.45, 7) is 0.421. The van der Waals surface area contributed by atoms with Crippen LogP contribution in [0.25, 0.3) is 0 Å². The van der Waals surface area contributed by atoms with E-state index in [1.807, 2.05) is 0 Å². The number of aliphatic imine (C=N–C) groups is 2. The molecule has 0 aromatic rings. The Balaban J connectivity index is 2.31. The second-order valence-electron chi connectivity index (χ2n) is 2.59. The number of nitrogens with zero attached hydrogens (tertiary/aromatic N) is 3. The average molecular weight is 177 g/mol. The number of rotatable bonds is 0. The molecule has 0 aliphatic carbocycles.